The number of hydrogen-bond donors (Lipinski definition) is 1. The molecule has 1 fully saturated rings. The molecule has 0 bridgehead atoms. The van der Waals surface area contributed by atoms with Crippen molar-refractivity contribution in [3.05, 3.63) is 28.6 Å². The van der Waals surface area contributed by atoms with Crippen LogP contribution in [-0.2, 0) is 0 Å². The van der Waals surface area contributed by atoms with E-state index in [9.17, 15) is 0 Å². The SMILES string of the molecule is CCC1CCNC(c2nc3cc(Cl)cc(C)c3o2)C1. The molecule has 102 valence electrons. The van der Waals surface area contributed by atoms with Gasteiger partial charge in [0.15, 0.2) is 5.58 Å². The molecule has 2 heterocycles. The van der Waals surface area contributed by atoms with Crippen LogP contribution in [0.4, 0.5) is 0 Å². The fourth-order valence-corrected chi connectivity index (χ4v) is 3.15. The molecule has 0 aliphatic carbocycles. The minimum absolute atomic E-state index is 0.240. The second-order valence-corrected chi connectivity index (χ2v) is 5.86. The Morgan fingerprint density at radius 3 is 3.11 bits per heavy atom. The summed E-state index contributed by atoms with van der Waals surface area (Å²) in [6.45, 7) is 5.30. The molecule has 0 amide bonds. The van der Waals surface area contributed by atoms with Gasteiger partial charge in [-0.2, -0.15) is 0 Å². The normalized spacial score (nSPS) is 23.9. The molecule has 4 heteroatoms. The summed E-state index contributed by atoms with van der Waals surface area (Å²) >= 11 is 6.07. The van der Waals surface area contributed by atoms with Gasteiger partial charge < -0.3 is 9.73 Å². The van der Waals surface area contributed by atoms with Crippen LogP contribution in [0.3, 0.4) is 0 Å². The van der Waals surface area contributed by atoms with E-state index in [1.165, 1.54) is 12.8 Å². The molecule has 19 heavy (non-hydrogen) atoms. The monoisotopic (exact) mass is 278 g/mol. The fraction of sp³-hybridized carbons (Fsp3) is 0.533. The van der Waals surface area contributed by atoms with Gasteiger partial charge in [0.25, 0.3) is 0 Å². The molecule has 1 aliphatic heterocycles. The molecule has 1 aromatic heterocycles. The van der Waals surface area contributed by atoms with Gasteiger partial charge in [-0.15, -0.1) is 0 Å². The van der Waals surface area contributed by atoms with E-state index in [-0.39, 0.29) is 6.04 Å². The maximum Gasteiger partial charge on any atom is 0.212 e. The predicted molar refractivity (Wildman–Crippen MR) is 77.5 cm³/mol. The predicted octanol–water partition coefficient (Wildman–Crippen LogP) is 4.24. The number of nitrogens with one attached hydrogen (secondary N) is 1. The van der Waals surface area contributed by atoms with Crippen molar-refractivity contribution < 1.29 is 4.42 Å². The van der Waals surface area contributed by atoms with Gasteiger partial charge in [0.1, 0.15) is 5.52 Å². The first kappa shape index (κ1) is 12.9. The third kappa shape index (κ3) is 2.49. The molecule has 0 saturated carbocycles. The van der Waals surface area contributed by atoms with Crippen LogP contribution in [0.5, 0.6) is 0 Å². The van der Waals surface area contributed by atoms with Crippen LogP contribution in [0.2, 0.25) is 5.02 Å². The topological polar surface area (TPSA) is 38.1 Å². The van der Waals surface area contributed by atoms with E-state index in [0.717, 1.165) is 41.4 Å². The summed E-state index contributed by atoms with van der Waals surface area (Å²) < 4.78 is 5.95. The number of aromatic nitrogens is 1. The number of halogens is 1. The number of benzene rings is 1. The van der Waals surface area contributed by atoms with Gasteiger partial charge >= 0.3 is 0 Å². The van der Waals surface area contributed by atoms with E-state index in [1.807, 2.05) is 19.1 Å². The third-order valence-corrected chi connectivity index (χ3v) is 4.26. The van der Waals surface area contributed by atoms with Gasteiger partial charge in [-0.1, -0.05) is 24.9 Å². The highest BCUT2D eigenvalue weighted by Crippen LogP contribution is 2.32. The van der Waals surface area contributed by atoms with Crippen LogP contribution >= 0.6 is 11.6 Å². The Kier molecular flexibility index (Phi) is 3.50. The molecule has 0 spiro atoms. The van der Waals surface area contributed by atoms with Crippen LogP contribution in [0.25, 0.3) is 11.1 Å². The van der Waals surface area contributed by atoms with E-state index in [0.29, 0.717) is 5.02 Å². The minimum Gasteiger partial charge on any atom is -0.439 e. The Morgan fingerprint density at radius 2 is 2.32 bits per heavy atom. The zero-order chi connectivity index (χ0) is 13.4. The second kappa shape index (κ2) is 5.14. The summed E-state index contributed by atoms with van der Waals surface area (Å²) in [7, 11) is 0. The van der Waals surface area contributed by atoms with E-state index < -0.39 is 0 Å². The van der Waals surface area contributed by atoms with Crippen LogP contribution in [0.1, 0.15) is 43.7 Å². The van der Waals surface area contributed by atoms with Crippen molar-refractivity contribution in [2.24, 2.45) is 5.92 Å². The minimum atomic E-state index is 0.240. The van der Waals surface area contributed by atoms with Crippen molar-refractivity contribution in [1.82, 2.24) is 10.3 Å². The van der Waals surface area contributed by atoms with Gasteiger partial charge in [0.05, 0.1) is 6.04 Å². The Labute approximate surface area is 118 Å². The largest absolute Gasteiger partial charge is 0.439 e. The number of nitrogens with zero attached hydrogens (tertiary/aromatic N) is 1. The Bertz CT molecular complexity index is 593. The van der Waals surface area contributed by atoms with E-state index in [4.69, 9.17) is 16.0 Å². The van der Waals surface area contributed by atoms with Gasteiger partial charge in [0, 0.05) is 5.02 Å². The van der Waals surface area contributed by atoms with Gasteiger partial charge in [-0.3, -0.25) is 0 Å². The number of aryl methyl sites for hydroxylation is 1. The van der Waals surface area contributed by atoms with Gasteiger partial charge in [-0.25, -0.2) is 4.98 Å². The molecule has 1 aromatic carbocycles. The zero-order valence-electron chi connectivity index (χ0n) is 11.4. The van der Waals surface area contributed by atoms with Crippen molar-refractivity contribution in [2.75, 3.05) is 6.54 Å². The van der Waals surface area contributed by atoms with Crippen LogP contribution in [-0.4, -0.2) is 11.5 Å². The smallest absolute Gasteiger partial charge is 0.212 e. The second-order valence-electron chi connectivity index (χ2n) is 5.43. The summed E-state index contributed by atoms with van der Waals surface area (Å²) in [6, 6.07) is 4.03. The first-order valence-electron chi connectivity index (χ1n) is 6.97. The lowest BCUT2D eigenvalue weighted by molar-refractivity contribution is 0.267. The van der Waals surface area contributed by atoms with E-state index in [2.05, 4.69) is 17.2 Å². The van der Waals surface area contributed by atoms with Gasteiger partial charge in [0.2, 0.25) is 5.89 Å². The fourth-order valence-electron chi connectivity index (χ4n) is 2.88. The van der Waals surface area contributed by atoms with Crippen LogP contribution < -0.4 is 5.32 Å². The Balaban J connectivity index is 1.94. The summed E-state index contributed by atoms with van der Waals surface area (Å²) in [6.07, 6.45) is 3.58. The Hall–Kier alpha value is -1.06. The third-order valence-electron chi connectivity index (χ3n) is 4.04. The van der Waals surface area contributed by atoms with Crippen molar-refractivity contribution in [1.29, 1.82) is 0 Å². The summed E-state index contributed by atoms with van der Waals surface area (Å²) in [5, 5.41) is 4.22. The summed E-state index contributed by atoms with van der Waals surface area (Å²) in [5.74, 6) is 1.57. The Morgan fingerprint density at radius 1 is 1.47 bits per heavy atom. The molecule has 1 N–H and O–H groups in total. The standard InChI is InChI=1S/C15H19ClN2O/c1-3-10-4-5-17-13(7-10)15-18-12-8-11(16)6-9(2)14(12)19-15/h6,8,10,13,17H,3-5,7H2,1-2H3. The number of piperidine rings is 1. The molecule has 1 saturated heterocycles. The molecule has 2 unspecified atom stereocenters. The number of fused-ring (bicyclic) bond motifs is 1. The average Bonchev–Trinajstić information content (AvgIpc) is 2.83. The highest BCUT2D eigenvalue weighted by atomic mass is 35.5. The summed E-state index contributed by atoms with van der Waals surface area (Å²) in [5.41, 5.74) is 2.77. The molecule has 3 nitrogen and oxygen atoms in total. The first-order valence-corrected chi connectivity index (χ1v) is 7.35. The lowest BCUT2D eigenvalue weighted by atomic mass is 9.90. The number of oxazole rings is 1. The summed E-state index contributed by atoms with van der Waals surface area (Å²) in [4.78, 5) is 4.61. The lowest BCUT2D eigenvalue weighted by Gasteiger charge is -2.27. The van der Waals surface area contributed by atoms with Crippen LogP contribution in [0, 0.1) is 12.8 Å². The van der Waals surface area contributed by atoms with Crippen molar-refractivity contribution in [3.8, 4) is 0 Å². The number of hydrogen-bond acceptors (Lipinski definition) is 3. The average molecular weight is 279 g/mol. The lowest BCUT2D eigenvalue weighted by Crippen LogP contribution is -2.31. The van der Waals surface area contributed by atoms with Crippen molar-refractivity contribution in [3.63, 3.8) is 0 Å². The van der Waals surface area contributed by atoms with Gasteiger partial charge in [-0.05, 0) is 49.9 Å². The molecule has 2 aromatic rings. The van der Waals surface area contributed by atoms with Crippen molar-refractivity contribution >= 4 is 22.7 Å². The molecular formula is C15H19ClN2O. The molecule has 1 aliphatic rings. The first-order chi connectivity index (χ1) is 9.17. The number of rotatable bonds is 2. The molecule has 0 radical (unpaired) electrons. The molecular weight excluding hydrogens is 260 g/mol. The van der Waals surface area contributed by atoms with E-state index >= 15 is 0 Å². The maximum atomic E-state index is 6.07. The van der Waals surface area contributed by atoms with Crippen molar-refractivity contribution in [2.45, 2.75) is 39.2 Å². The molecule has 3 rings (SSSR count). The zero-order valence-corrected chi connectivity index (χ0v) is 12.1. The quantitative estimate of drug-likeness (QED) is 0.893. The van der Waals surface area contributed by atoms with E-state index in [1.54, 1.807) is 0 Å². The highest BCUT2D eigenvalue weighted by molar-refractivity contribution is 6.31. The maximum absolute atomic E-state index is 6.07. The van der Waals surface area contributed by atoms with Crippen LogP contribution in [0.15, 0.2) is 16.5 Å². The molecule has 2 atom stereocenters. The highest BCUT2D eigenvalue weighted by Gasteiger charge is 2.25.